The third-order valence-corrected chi connectivity index (χ3v) is 1.96. The number of methoxy groups -OCH3 is 1. The van der Waals surface area contributed by atoms with E-state index in [9.17, 15) is 0 Å². The van der Waals surface area contributed by atoms with Gasteiger partial charge in [0.2, 0.25) is 5.89 Å². The largest absolute Gasteiger partial charge is 0.377 e. The lowest BCUT2D eigenvalue weighted by Crippen LogP contribution is -2.36. The smallest absolute Gasteiger partial charge is 0.223 e. The monoisotopic (exact) mass is 199 g/mol. The Morgan fingerprint density at radius 2 is 2.21 bits per heavy atom. The van der Waals surface area contributed by atoms with Crippen molar-refractivity contribution in [3.05, 3.63) is 11.7 Å². The van der Waals surface area contributed by atoms with Crippen molar-refractivity contribution >= 4 is 0 Å². The van der Waals surface area contributed by atoms with Crippen molar-refractivity contribution in [2.75, 3.05) is 13.7 Å². The number of rotatable bonds is 5. The maximum atomic E-state index is 5.25. The molecule has 5 heteroatoms. The number of nitrogens with zero attached hydrogens (tertiary/aromatic N) is 2. The normalized spacial score (nSPS) is 12.0. The van der Waals surface area contributed by atoms with Crippen molar-refractivity contribution in [1.29, 1.82) is 0 Å². The van der Waals surface area contributed by atoms with Crippen LogP contribution in [-0.2, 0) is 11.3 Å². The molecule has 1 aromatic heterocycles. The highest BCUT2D eigenvalue weighted by molar-refractivity contribution is 4.84. The summed E-state index contributed by atoms with van der Waals surface area (Å²) >= 11 is 0. The maximum absolute atomic E-state index is 5.25. The van der Waals surface area contributed by atoms with Crippen molar-refractivity contribution in [3.63, 3.8) is 0 Å². The van der Waals surface area contributed by atoms with E-state index in [0.717, 1.165) is 6.54 Å². The number of aromatic nitrogens is 2. The minimum atomic E-state index is -0.168. The Bertz CT molecular complexity index is 283. The van der Waals surface area contributed by atoms with Gasteiger partial charge in [0.25, 0.3) is 0 Å². The molecule has 1 heterocycles. The summed E-state index contributed by atoms with van der Waals surface area (Å²) in [5.41, 5.74) is -0.168. The van der Waals surface area contributed by atoms with Gasteiger partial charge in [-0.3, -0.25) is 0 Å². The highest BCUT2D eigenvalue weighted by Gasteiger charge is 2.15. The molecule has 0 amide bonds. The molecule has 0 unspecified atom stereocenters. The maximum Gasteiger partial charge on any atom is 0.223 e. The van der Waals surface area contributed by atoms with Crippen LogP contribution in [-0.4, -0.2) is 29.4 Å². The van der Waals surface area contributed by atoms with Crippen LogP contribution in [0.5, 0.6) is 0 Å². The van der Waals surface area contributed by atoms with Gasteiger partial charge < -0.3 is 14.6 Å². The lowest BCUT2D eigenvalue weighted by molar-refractivity contribution is 0.0229. The Labute approximate surface area is 83.8 Å². The first-order valence-electron chi connectivity index (χ1n) is 4.58. The second-order valence-electron chi connectivity index (χ2n) is 3.80. The summed E-state index contributed by atoms with van der Waals surface area (Å²) in [6.45, 7) is 7.15. The van der Waals surface area contributed by atoms with Gasteiger partial charge in [-0.05, 0) is 13.8 Å². The van der Waals surface area contributed by atoms with E-state index in [1.54, 1.807) is 14.0 Å². The fourth-order valence-electron chi connectivity index (χ4n) is 0.961. The van der Waals surface area contributed by atoms with Gasteiger partial charge in [0.15, 0.2) is 5.82 Å². The molecule has 0 aliphatic rings. The Morgan fingerprint density at radius 3 is 2.71 bits per heavy atom. The van der Waals surface area contributed by atoms with Gasteiger partial charge in [-0.1, -0.05) is 5.16 Å². The Balaban J connectivity index is 2.28. The third kappa shape index (κ3) is 3.43. The molecule has 0 bridgehead atoms. The van der Waals surface area contributed by atoms with E-state index in [0.29, 0.717) is 18.3 Å². The van der Waals surface area contributed by atoms with E-state index in [1.807, 2.05) is 13.8 Å². The van der Waals surface area contributed by atoms with Crippen molar-refractivity contribution in [2.24, 2.45) is 0 Å². The average molecular weight is 199 g/mol. The van der Waals surface area contributed by atoms with Crippen LogP contribution < -0.4 is 5.32 Å². The lowest BCUT2D eigenvalue weighted by atomic mass is 10.1. The number of hydrogen-bond acceptors (Lipinski definition) is 5. The van der Waals surface area contributed by atoms with Crippen LogP contribution in [0.4, 0.5) is 0 Å². The van der Waals surface area contributed by atoms with Gasteiger partial charge >= 0.3 is 0 Å². The first-order valence-corrected chi connectivity index (χ1v) is 4.58. The molecule has 0 fully saturated rings. The first-order chi connectivity index (χ1) is 6.53. The summed E-state index contributed by atoms with van der Waals surface area (Å²) in [6.07, 6.45) is 0. The van der Waals surface area contributed by atoms with Crippen LogP contribution in [0.15, 0.2) is 4.52 Å². The molecule has 80 valence electrons. The molecule has 0 radical (unpaired) electrons. The van der Waals surface area contributed by atoms with Crippen LogP contribution in [0, 0.1) is 6.92 Å². The molecule has 0 saturated heterocycles. The van der Waals surface area contributed by atoms with Crippen molar-refractivity contribution in [3.8, 4) is 0 Å². The fourth-order valence-corrected chi connectivity index (χ4v) is 0.961. The van der Waals surface area contributed by atoms with Gasteiger partial charge in [0, 0.05) is 20.6 Å². The molecule has 0 spiro atoms. The summed E-state index contributed by atoms with van der Waals surface area (Å²) < 4.78 is 10.1. The van der Waals surface area contributed by atoms with Crippen LogP contribution in [0.2, 0.25) is 0 Å². The fraction of sp³-hybridized carbons (Fsp3) is 0.778. The van der Waals surface area contributed by atoms with Gasteiger partial charge in [0.05, 0.1) is 12.1 Å². The molecule has 1 rings (SSSR count). The highest BCUT2D eigenvalue weighted by Crippen LogP contribution is 2.05. The summed E-state index contributed by atoms with van der Waals surface area (Å²) in [7, 11) is 1.69. The number of hydrogen-bond donors (Lipinski definition) is 1. The molecule has 0 aromatic carbocycles. The molecule has 0 aliphatic heterocycles. The standard InChI is InChI=1S/C9H17N3O2/c1-7-11-8(12-14-7)5-10-6-9(2,3)13-4/h10H,5-6H2,1-4H3. The zero-order valence-electron chi connectivity index (χ0n) is 9.13. The van der Waals surface area contributed by atoms with E-state index in [1.165, 1.54) is 0 Å². The number of aryl methyl sites for hydroxylation is 1. The summed E-state index contributed by atoms with van der Waals surface area (Å²) in [6, 6.07) is 0. The molecule has 14 heavy (non-hydrogen) atoms. The molecule has 0 saturated carbocycles. The summed E-state index contributed by atoms with van der Waals surface area (Å²) in [4.78, 5) is 4.07. The third-order valence-electron chi connectivity index (χ3n) is 1.96. The summed E-state index contributed by atoms with van der Waals surface area (Å²) in [5, 5.41) is 6.97. The van der Waals surface area contributed by atoms with E-state index in [2.05, 4.69) is 15.5 Å². The van der Waals surface area contributed by atoms with Crippen LogP contribution in [0.1, 0.15) is 25.6 Å². The van der Waals surface area contributed by atoms with Gasteiger partial charge in [0.1, 0.15) is 0 Å². The molecular formula is C9H17N3O2. The zero-order chi connectivity index (χ0) is 10.6. The Hall–Kier alpha value is -0.940. The Kier molecular flexibility index (Phi) is 3.60. The first kappa shape index (κ1) is 11.1. The average Bonchev–Trinajstić information content (AvgIpc) is 2.51. The minimum Gasteiger partial charge on any atom is -0.377 e. The molecule has 5 nitrogen and oxygen atoms in total. The highest BCUT2D eigenvalue weighted by atomic mass is 16.5. The quantitative estimate of drug-likeness (QED) is 0.763. The van der Waals surface area contributed by atoms with Crippen molar-refractivity contribution in [1.82, 2.24) is 15.5 Å². The second kappa shape index (κ2) is 4.52. The van der Waals surface area contributed by atoms with Crippen molar-refractivity contribution < 1.29 is 9.26 Å². The van der Waals surface area contributed by atoms with Gasteiger partial charge in [-0.2, -0.15) is 4.98 Å². The van der Waals surface area contributed by atoms with Crippen LogP contribution in [0.3, 0.4) is 0 Å². The molecule has 1 aromatic rings. The van der Waals surface area contributed by atoms with E-state index >= 15 is 0 Å². The Morgan fingerprint density at radius 1 is 1.50 bits per heavy atom. The predicted molar refractivity (Wildman–Crippen MR) is 51.8 cm³/mol. The topological polar surface area (TPSA) is 60.2 Å². The molecule has 1 N–H and O–H groups in total. The van der Waals surface area contributed by atoms with Gasteiger partial charge in [-0.15, -0.1) is 0 Å². The zero-order valence-corrected chi connectivity index (χ0v) is 9.13. The number of nitrogens with one attached hydrogen (secondary N) is 1. The van der Waals surface area contributed by atoms with E-state index in [4.69, 9.17) is 9.26 Å². The summed E-state index contributed by atoms with van der Waals surface area (Å²) in [5.74, 6) is 1.27. The van der Waals surface area contributed by atoms with Gasteiger partial charge in [-0.25, -0.2) is 0 Å². The van der Waals surface area contributed by atoms with Crippen LogP contribution >= 0.6 is 0 Å². The number of ether oxygens (including phenoxy) is 1. The predicted octanol–water partition coefficient (Wildman–Crippen LogP) is 0.893. The molecular weight excluding hydrogens is 182 g/mol. The van der Waals surface area contributed by atoms with E-state index in [-0.39, 0.29) is 5.60 Å². The molecule has 0 aliphatic carbocycles. The SMILES string of the molecule is COC(C)(C)CNCc1noc(C)n1. The van der Waals surface area contributed by atoms with E-state index < -0.39 is 0 Å². The minimum absolute atomic E-state index is 0.168. The van der Waals surface area contributed by atoms with Crippen molar-refractivity contribution in [2.45, 2.75) is 32.9 Å². The lowest BCUT2D eigenvalue weighted by Gasteiger charge is -2.22. The van der Waals surface area contributed by atoms with Crippen LogP contribution in [0.25, 0.3) is 0 Å². The second-order valence-corrected chi connectivity index (χ2v) is 3.80. The molecule has 0 atom stereocenters.